The quantitative estimate of drug-likeness (QED) is 0.738. The first-order valence-corrected chi connectivity index (χ1v) is 6.14. The van der Waals surface area contributed by atoms with Gasteiger partial charge in [-0.25, -0.2) is 0 Å². The van der Waals surface area contributed by atoms with Gasteiger partial charge in [0, 0.05) is 13.1 Å². The van der Waals surface area contributed by atoms with E-state index in [1.807, 2.05) is 7.05 Å². The molecule has 1 atom stereocenters. The van der Waals surface area contributed by atoms with Gasteiger partial charge in [-0.15, -0.1) is 0 Å². The van der Waals surface area contributed by atoms with E-state index in [0.29, 0.717) is 6.54 Å². The Labute approximate surface area is 98.6 Å². The molecule has 0 aliphatic carbocycles. The second-order valence-corrected chi connectivity index (χ2v) is 5.59. The molecule has 1 rings (SSSR count). The van der Waals surface area contributed by atoms with Gasteiger partial charge >= 0.3 is 0 Å². The molecule has 94 valence electrons. The van der Waals surface area contributed by atoms with Gasteiger partial charge in [0.2, 0.25) is 5.91 Å². The Hall–Kier alpha value is -0.610. The molecule has 0 spiro atoms. The maximum atomic E-state index is 11.8. The van der Waals surface area contributed by atoms with E-state index in [2.05, 4.69) is 24.1 Å². The van der Waals surface area contributed by atoms with Crippen LogP contribution in [0.25, 0.3) is 0 Å². The Morgan fingerprint density at radius 2 is 2.19 bits per heavy atom. The molecule has 0 aromatic heterocycles. The van der Waals surface area contributed by atoms with E-state index in [4.69, 9.17) is 5.73 Å². The summed E-state index contributed by atoms with van der Waals surface area (Å²) >= 11 is 0. The van der Waals surface area contributed by atoms with Gasteiger partial charge in [-0.1, -0.05) is 13.8 Å². The van der Waals surface area contributed by atoms with Gasteiger partial charge in [-0.05, 0) is 38.3 Å². The second kappa shape index (κ2) is 5.64. The van der Waals surface area contributed by atoms with Crippen LogP contribution in [0.5, 0.6) is 0 Å². The average molecular weight is 227 g/mol. The molecule has 3 N–H and O–H groups in total. The molecule has 1 aliphatic rings. The highest BCUT2D eigenvalue weighted by molar-refractivity contribution is 5.81. The predicted molar refractivity (Wildman–Crippen MR) is 66.1 cm³/mol. The van der Waals surface area contributed by atoms with Crippen LogP contribution in [0.3, 0.4) is 0 Å². The van der Waals surface area contributed by atoms with E-state index in [1.165, 1.54) is 0 Å². The average Bonchev–Trinajstić information content (AvgIpc) is 2.42. The summed E-state index contributed by atoms with van der Waals surface area (Å²) in [5.74, 6) is 0.174. The van der Waals surface area contributed by atoms with Gasteiger partial charge in [-0.2, -0.15) is 0 Å². The fraction of sp³-hybridized carbons (Fsp3) is 0.917. The van der Waals surface area contributed by atoms with Crippen molar-refractivity contribution in [1.29, 1.82) is 0 Å². The smallest absolute Gasteiger partial charge is 0.237 e. The number of amides is 1. The molecule has 0 aromatic rings. The number of nitrogens with one attached hydrogen (secondary N) is 1. The third kappa shape index (κ3) is 3.76. The molecule has 1 aliphatic heterocycles. The summed E-state index contributed by atoms with van der Waals surface area (Å²) < 4.78 is 0. The normalized spacial score (nSPS) is 23.1. The zero-order valence-electron chi connectivity index (χ0n) is 10.8. The zero-order valence-corrected chi connectivity index (χ0v) is 10.8. The summed E-state index contributed by atoms with van der Waals surface area (Å²) in [6, 6.07) is 0.0216. The molecule has 1 heterocycles. The fourth-order valence-electron chi connectivity index (χ4n) is 2.19. The molecule has 4 heteroatoms. The molecule has 1 amide bonds. The van der Waals surface area contributed by atoms with E-state index < -0.39 is 0 Å². The van der Waals surface area contributed by atoms with Crippen LogP contribution >= 0.6 is 0 Å². The van der Waals surface area contributed by atoms with Gasteiger partial charge < -0.3 is 11.1 Å². The summed E-state index contributed by atoms with van der Waals surface area (Å²) in [6.45, 7) is 6.60. The van der Waals surface area contributed by atoms with E-state index in [9.17, 15) is 4.79 Å². The van der Waals surface area contributed by atoms with Crippen LogP contribution in [0.4, 0.5) is 0 Å². The van der Waals surface area contributed by atoms with E-state index in [0.717, 1.165) is 32.4 Å². The Morgan fingerprint density at radius 3 is 2.81 bits per heavy atom. The molecule has 16 heavy (non-hydrogen) atoms. The van der Waals surface area contributed by atoms with Crippen molar-refractivity contribution in [3.8, 4) is 0 Å². The predicted octanol–water partition coefficient (Wildman–Crippen LogP) is 0.572. The van der Waals surface area contributed by atoms with Crippen LogP contribution in [-0.4, -0.2) is 43.5 Å². The van der Waals surface area contributed by atoms with E-state index in [-0.39, 0.29) is 17.4 Å². The van der Waals surface area contributed by atoms with Gasteiger partial charge in [0.25, 0.3) is 0 Å². The SMILES string of the molecule is CN(CC(C)(C)CN)C1CCCCNC1=O. The van der Waals surface area contributed by atoms with Gasteiger partial charge in [-0.3, -0.25) is 9.69 Å². The molecule has 1 unspecified atom stereocenters. The van der Waals surface area contributed by atoms with Crippen LogP contribution in [-0.2, 0) is 4.79 Å². The van der Waals surface area contributed by atoms with E-state index >= 15 is 0 Å². The summed E-state index contributed by atoms with van der Waals surface area (Å²) in [7, 11) is 2.02. The van der Waals surface area contributed by atoms with Crippen molar-refractivity contribution in [1.82, 2.24) is 10.2 Å². The standard InChI is InChI=1S/C12H25N3O/c1-12(2,8-13)9-15(3)10-6-4-5-7-14-11(10)16/h10H,4-9,13H2,1-3H3,(H,14,16). The molecule has 0 saturated carbocycles. The Kier molecular flexibility index (Phi) is 4.74. The van der Waals surface area contributed by atoms with Crippen LogP contribution in [0.1, 0.15) is 33.1 Å². The highest BCUT2D eigenvalue weighted by atomic mass is 16.2. The summed E-state index contributed by atoms with van der Waals surface area (Å²) in [4.78, 5) is 14.0. The van der Waals surface area contributed by atoms with Crippen molar-refractivity contribution in [2.45, 2.75) is 39.2 Å². The van der Waals surface area contributed by atoms with Crippen LogP contribution in [0, 0.1) is 5.41 Å². The lowest BCUT2D eigenvalue weighted by Gasteiger charge is -2.33. The van der Waals surface area contributed by atoms with Crippen molar-refractivity contribution in [3.05, 3.63) is 0 Å². The van der Waals surface area contributed by atoms with Crippen molar-refractivity contribution < 1.29 is 4.79 Å². The Balaban J connectivity index is 2.57. The number of carbonyl (C=O) groups is 1. The topological polar surface area (TPSA) is 58.4 Å². The lowest BCUT2D eigenvalue weighted by molar-refractivity contribution is -0.126. The summed E-state index contributed by atoms with van der Waals surface area (Å²) in [5, 5.41) is 2.97. The van der Waals surface area contributed by atoms with Gasteiger partial charge in [0.15, 0.2) is 0 Å². The fourth-order valence-corrected chi connectivity index (χ4v) is 2.19. The first-order chi connectivity index (χ1) is 7.46. The summed E-state index contributed by atoms with van der Waals surface area (Å²) in [6.07, 6.45) is 3.18. The van der Waals surface area contributed by atoms with Gasteiger partial charge in [0.1, 0.15) is 0 Å². The Bertz CT molecular complexity index is 240. The first-order valence-electron chi connectivity index (χ1n) is 6.14. The monoisotopic (exact) mass is 227 g/mol. The minimum Gasteiger partial charge on any atom is -0.355 e. The largest absolute Gasteiger partial charge is 0.355 e. The third-order valence-corrected chi connectivity index (χ3v) is 3.27. The summed E-state index contributed by atoms with van der Waals surface area (Å²) in [5.41, 5.74) is 5.79. The Morgan fingerprint density at radius 1 is 1.50 bits per heavy atom. The van der Waals surface area contributed by atoms with Crippen molar-refractivity contribution in [2.24, 2.45) is 11.1 Å². The molecule has 4 nitrogen and oxygen atoms in total. The third-order valence-electron chi connectivity index (χ3n) is 3.27. The minimum absolute atomic E-state index is 0.0216. The van der Waals surface area contributed by atoms with Crippen molar-refractivity contribution in [3.63, 3.8) is 0 Å². The number of hydrogen-bond acceptors (Lipinski definition) is 3. The second-order valence-electron chi connectivity index (χ2n) is 5.59. The highest BCUT2D eigenvalue weighted by Gasteiger charge is 2.28. The molecule has 0 aromatic carbocycles. The number of rotatable bonds is 4. The van der Waals surface area contributed by atoms with Crippen LogP contribution < -0.4 is 11.1 Å². The number of likely N-dealkylation sites (N-methyl/N-ethyl adjacent to an activating group) is 1. The maximum absolute atomic E-state index is 11.8. The van der Waals surface area contributed by atoms with E-state index in [1.54, 1.807) is 0 Å². The maximum Gasteiger partial charge on any atom is 0.237 e. The highest BCUT2D eigenvalue weighted by Crippen LogP contribution is 2.18. The lowest BCUT2D eigenvalue weighted by atomic mass is 9.92. The van der Waals surface area contributed by atoms with Crippen LogP contribution in [0.15, 0.2) is 0 Å². The van der Waals surface area contributed by atoms with Crippen LogP contribution in [0.2, 0.25) is 0 Å². The number of nitrogens with zero attached hydrogens (tertiary/aromatic N) is 1. The van der Waals surface area contributed by atoms with Crippen molar-refractivity contribution >= 4 is 5.91 Å². The molecule has 0 bridgehead atoms. The van der Waals surface area contributed by atoms with Crippen molar-refractivity contribution in [2.75, 3.05) is 26.7 Å². The number of nitrogens with two attached hydrogens (primary N) is 1. The molecular weight excluding hydrogens is 202 g/mol. The zero-order chi connectivity index (χ0) is 12.2. The molecule has 1 saturated heterocycles. The van der Waals surface area contributed by atoms with Gasteiger partial charge in [0.05, 0.1) is 6.04 Å². The minimum atomic E-state index is 0.0216. The number of hydrogen-bond donors (Lipinski definition) is 2. The molecule has 0 radical (unpaired) electrons. The molecule has 1 fully saturated rings. The molecular formula is C12H25N3O. The number of carbonyl (C=O) groups excluding carboxylic acids is 1. The lowest BCUT2D eigenvalue weighted by Crippen LogP contribution is -2.48. The first kappa shape index (κ1) is 13.5.